The molecule has 1 rings (SSSR count). The molecule has 0 spiro atoms. The van der Waals surface area contributed by atoms with Crippen LogP contribution >= 0.6 is 0 Å². The van der Waals surface area contributed by atoms with E-state index in [0.717, 1.165) is 5.56 Å². The van der Waals surface area contributed by atoms with Crippen molar-refractivity contribution in [3.63, 3.8) is 0 Å². The number of aryl methyl sites for hydroxylation is 1. The van der Waals surface area contributed by atoms with Crippen molar-refractivity contribution in [1.29, 1.82) is 0 Å². The SMILES string of the molecule is Cc1cc(N)ccc1C(=O)OCC(C)C. The first-order valence-corrected chi connectivity index (χ1v) is 5.04. The van der Waals surface area contributed by atoms with Gasteiger partial charge in [-0.25, -0.2) is 4.79 Å². The Morgan fingerprint density at radius 2 is 2.13 bits per heavy atom. The number of hydrogen-bond acceptors (Lipinski definition) is 3. The Bertz CT molecular complexity index is 359. The lowest BCUT2D eigenvalue weighted by Crippen LogP contribution is -2.11. The summed E-state index contributed by atoms with van der Waals surface area (Å²) in [5.74, 6) is 0.0734. The van der Waals surface area contributed by atoms with E-state index in [4.69, 9.17) is 10.5 Å². The quantitative estimate of drug-likeness (QED) is 0.611. The molecular formula is C12H17NO2. The van der Waals surface area contributed by atoms with Crippen LogP contribution in [-0.4, -0.2) is 12.6 Å². The number of ether oxygens (including phenoxy) is 1. The van der Waals surface area contributed by atoms with Gasteiger partial charge in [0.15, 0.2) is 0 Å². The van der Waals surface area contributed by atoms with E-state index in [-0.39, 0.29) is 5.97 Å². The minimum atomic E-state index is -0.277. The van der Waals surface area contributed by atoms with E-state index in [0.29, 0.717) is 23.8 Å². The van der Waals surface area contributed by atoms with Gasteiger partial charge in [-0.1, -0.05) is 13.8 Å². The van der Waals surface area contributed by atoms with Gasteiger partial charge in [0.2, 0.25) is 0 Å². The van der Waals surface area contributed by atoms with E-state index in [1.54, 1.807) is 18.2 Å². The third kappa shape index (κ3) is 3.27. The average molecular weight is 207 g/mol. The van der Waals surface area contributed by atoms with Crippen molar-refractivity contribution in [3.8, 4) is 0 Å². The van der Waals surface area contributed by atoms with E-state index in [1.807, 2.05) is 20.8 Å². The fourth-order valence-electron chi connectivity index (χ4n) is 1.24. The fraction of sp³-hybridized carbons (Fsp3) is 0.417. The van der Waals surface area contributed by atoms with Crippen LogP contribution in [0.3, 0.4) is 0 Å². The summed E-state index contributed by atoms with van der Waals surface area (Å²) in [5, 5.41) is 0. The Kier molecular flexibility index (Phi) is 3.72. The number of esters is 1. The molecule has 0 aliphatic rings. The molecule has 15 heavy (non-hydrogen) atoms. The molecular weight excluding hydrogens is 190 g/mol. The molecule has 2 N–H and O–H groups in total. The molecule has 0 unspecified atom stereocenters. The second-order valence-corrected chi connectivity index (χ2v) is 4.07. The summed E-state index contributed by atoms with van der Waals surface area (Å²) in [7, 11) is 0. The van der Waals surface area contributed by atoms with Crippen LogP contribution in [-0.2, 0) is 4.74 Å². The van der Waals surface area contributed by atoms with Gasteiger partial charge in [0, 0.05) is 5.69 Å². The highest BCUT2D eigenvalue weighted by atomic mass is 16.5. The molecule has 0 heterocycles. The van der Waals surface area contributed by atoms with Crippen molar-refractivity contribution in [3.05, 3.63) is 29.3 Å². The molecule has 1 aromatic rings. The molecule has 0 saturated heterocycles. The van der Waals surface area contributed by atoms with Crippen molar-refractivity contribution in [2.45, 2.75) is 20.8 Å². The summed E-state index contributed by atoms with van der Waals surface area (Å²) in [5.41, 5.74) is 7.70. The summed E-state index contributed by atoms with van der Waals surface area (Å²) in [6.07, 6.45) is 0. The van der Waals surface area contributed by atoms with Gasteiger partial charge in [-0.3, -0.25) is 0 Å². The second-order valence-electron chi connectivity index (χ2n) is 4.07. The van der Waals surface area contributed by atoms with E-state index < -0.39 is 0 Å². The van der Waals surface area contributed by atoms with Gasteiger partial charge < -0.3 is 10.5 Å². The molecule has 0 aromatic heterocycles. The van der Waals surface area contributed by atoms with Gasteiger partial charge in [0.25, 0.3) is 0 Å². The van der Waals surface area contributed by atoms with Gasteiger partial charge >= 0.3 is 5.97 Å². The second kappa shape index (κ2) is 4.82. The Balaban J connectivity index is 2.74. The van der Waals surface area contributed by atoms with Crippen molar-refractivity contribution in [1.82, 2.24) is 0 Å². The van der Waals surface area contributed by atoms with Crippen molar-refractivity contribution < 1.29 is 9.53 Å². The number of carbonyl (C=O) groups is 1. The highest BCUT2D eigenvalue weighted by Gasteiger charge is 2.10. The van der Waals surface area contributed by atoms with Crippen LogP contribution in [0.25, 0.3) is 0 Å². The number of benzene rings is 1. The summed E-state index contributed by atoms with van der Waals surface area (Å²) < 4.78 is 5.13. The summed E-state index contributed by atoms with van der Waals surface area (Å²) in [6.45, 7) is 6.30. The molecule has 3 heteroatoms. The lowest BCUT2D eigenvalue weighted by molar-refractivity contribution is 0.0458. The number of rotatable bonds is 3. The Morgan fingerprint density at radius 1 is 1.47 bits per heavy atom. The number of nitrogens with two attached hydrogens (primary N) is 1. The van der Waals surface area contributed by atoms with Crippen LogP contribution in [0.1, 0.15) is 29.8 Å². The summed E-state index contributed by atoms with van der Waals surface area (Å²) >= 11 is 0. The molecule has 0 amide bonds. The highest BCUT2D eigenvalue weighted by Crippen LogP contribution is 2.13. The number of hydrogen-bond donors (Lipinski definition) is 1. The molecule has 0 radical (unpaired) electrons. The minimum Gasteiger partial charge on any atom is -0.462 e. The predicted octanol–water partition coefficient (Wildman–Crippen LogP) is 2.39. The standard InChI is InChI=1S/C12H17NO2/c1-8(2)7-15-12(14)11-5-4-10(13)6-9(11)3/h4-6,8H,7,13H2,1-3H3. The zero-order chi connectivity index (χ0) is 11.4. The first kappa shape index (κ1) is 11.6. The van der Waals surface area contributed by atoms with Crippen LogP contribution in [0.2, 0.25) is 0 Å². The van der Waals surface area contributed by atoms with Crippen molar-refractivity contribution in [2.75, 3.05) is 12.3 Å². The molecule has 0 bridgehead atoms. The summed E-state index contributed by atoms with van der Waals surface area (Å²) in [6, 6.07) is 5.18. The van der Waals surface area contributed by atoms with Crippen molar-refractivity contribution >= 4 is 11.7 Å². The summed E-state index contributed by atoms with van der Waals surface area (Å²) in [4.78, 5) is 11.6. The molecule has 0 saturated carbocycles. The van der Waals surface area contributed by atoms with Gasteiger partial charge in [-0.2, -0.15) is 0 Å². The zero-order valence-corrected chi connectivity index (χ0v) is 9.41. The largest absolute Gasteiger partial charge is 0.462 e. The van der Waals surface area contributed by atoms with Gasteiger partial charge in [-0.05, 0) is 36.6 Å². The van der Waals surface area contributed by atoms with Gasteiger partial charge in [0.1, 0.15) is 0 Å². The first-order chi connectivity index (χ1) is 7.00. The van der Waals surface area contributed by atoms with Crippen LogP contribution < -0.4 is 5.73 Å². The maximum atomic E-state index is 11.6. The lowest BCUT2D eigenvalue weighted by atomic mass is 10.1. The topological polar surface area (TPSA) is 52.3 Å². The number of nitrogen functional groups attached to an aromatic ring is 1. The fourth-order valence-corrected chi connectivity index (χ4v) is 1.24. The first-order valence-electron chi connectivity index (χ1n) is 5.04. The van der Waals surface area contributed by atoms with Crippen LogP contribution in [0.4, 0.5) is 5.69 Å². The molecule has 1 aromatic carbocycles. The van der Waals surface area contributed by atoms with Crippen LogP contribution in [0.5, 0.6) is 0 Å². The minimum absolute atomic E-state index is 0.277. The molecule has 0 aliphatic carbocycles. The molecule has 3 nitrogen and oxygen atoms in total. The normalized spacial score (nSPS) is 10.4. The van der Waals surface area contributed by atoms with Gasteiger partial charge in [-0.15, -0.1) is 0 Å². The predicted molar refractivity (Wildman–Crippen MR) is 60.7 cm³/mol. The van der Waals surface area contributed by atoms with Gasteiger partial charge in [0.05, 0.1) is 12.2 Å². The molecule has 0 aliphatic heterocycles. The lowest BCUT2D eigenvalue weighted by Gasteiger charge is -2.09. The zero-order valence-electron chi connectivity index (χ0n) is 9.41. The molecule has 82 valence electrons. The highest BCUT2D eigenvalue weighted by molar-refractivity contribution is 5.91. The Morgan fingerprint density at radius 3 is 2.67 bits per heavy atom. The molecule has 0 atom stereocenters. The van der Waals surface area contributed by atoms with E-state index in [2.05, 4.69) is 0 Å². The van der Waals surface area contributed by atoms with Crippen molar-refractivity contribution in [2.24, 2.45) is 5.92 Å². The third-order valence-electron chi connectivity index (χ3n) is 2.02. The number of anilines is 1. The van der Waals surface area contributed by atoms with E-state index in [9.17, 15) is 4.79 Å². The van der Waals surface area contributed by atoms with E-state index >= 15 is 0 Å². The maximum absolute atomic E-state index is 11.6. The van der Waals surface area contributed by atoms with Crippen LogP contribution in [0, 0.1) is 12.8 Å². The Labute approximate surface area is 90.2 Å². The smallest absolute Gasteiger partial charge is 0.338 e. The number of carbonyl (C=O) groups excluding carboxylic acids is 1. The average Bonchev–Trinajstić information content (AvgIpc) is 2.14. The third-order valence-corrected chi connectivity index (χ3v) is 2.02. The Hall–Kier alpha value is -1.51. The maximum Gasteiger partial charge on any atom is 0.338 e. The van der Waals surface area contributed by atoms with Crippen LogP contribution in [0.15, 0.2) is 18.2 Å². The monoisotopic (exact) mass is 207 g/mol. The molecule has 0 fully saturated rings. The van der Waals surface area contributed by atoms with E-state index in [1.165, 1.54) is 0 Å².